The minimum atomic E-state index is -0.288. The average molecular weight is 310 g/mol. The zero-order valence-electron chi connectivity index (χ0n) is 13.4. The molecule has 0 aromatic heterocycles. The summed E-state index contributed by atoms with van der Waals surface area (Å²) in [6, 6.07) is 18.3. The van der Waals surface area contributed by atoms with Crippen LogP contribution in [0.15, 0.2) is 54.6 Å². The van der Waals surface area contributed by atoms with Crippen LogP contribution in [0.4, 0.5) is 5.69 Å². The van der Waals surface area contributed by atoms with Crippen LogP contribution in [0, 0.1) is 0 Å². The van der Waals surface area contributed by atoms with Crippen molar-refractivity contribution in [2.75, 3.05) is 38.2 Å². The summed E-state index contributed by atoms with van der Waals surface area (Å²) in [5.41, 5.74) is 3.12. The number of benzene rings is 2. The monoisotopic (exact) mass is 310 g/mol. The van der Waals surface area contributed by atoms with E-state index in [1.165, 1.54) is 12.7 Å². The molecule has 0 aliphatic carbocycles. The molecule has 0 radical (unpaired) electrons. The molecule has 1 fully saturated rings. The molecular weight excluding hydrogens is 288 g/mol. The average Bonchev–Trinajstić information content (AvgIpc) is 2.63. The molecule has 0 atom stereocenters. The van der Waals surface area contributed by atoms with Gasteiger partial charge in [-0.3, -0.25) is 4.90 Å². The Balaban J connectivity index is 1.55. The van der Waals surface area contributed by atoms with E-state index in [-0.39, 0.29) is 5.97 Å². The third kappa shape index (κ3) is 3.90. The number of carbonyl (C=O) groups is 1. The van der Waals surface area contributed by atoms with Crippen LogP contribution in [-0.2, 0) is 11.3 Å². The zero-order valence-corrected chi connectivity index (χ0v) is 13.4. The largest absolute Gasteiger partial charge is 0.465 e. The van der Waals surface area contributed by atoms with Gasteiger partial charge in [-0.25, -0.2) is 4.79 Å². The van der Waals surface area contributed by atoms with Crippen LogP contribution in [-0.4, -0.2) is 44.2 Å². The summed E-state index contributed by atoms with van der Waals surface area (Å²) < 4.78 is 4.73. The number of methoxy groups -OCH3 is 1. The number of esters is 1. The Kier molecular flexibility index (Phi) is 4.93. The highest BCUT2D eigenvalue weighted by molar-refractivity contribution is 5.89. The van der Waals surface area contributed by atoms with Gasteiger partial charge in [0.2, 0.25) is 0 Å². The molecule has 1 saturated heterocycles. The van der Waals surface area contributed by atoms with Gasteiger partial charge in [0.25, 0.3) is 0 Å². The van der Waals surface area contributed by atoms with Crippen LogP contribution >= 0.6 is 0 Å². The highest BCUT2D eigenvalue weighted by atomic mass is 16.5. The van der Waals surface area contributed by atoms with Crippen molar-refractivity contribution in [3.8, 4) is 0 Å². The van der Waals surface area contributed by atoms with Gasteiger partial charge in [-0.15, -0.1) is 0 Å². The highest BCUT2D eigenvalue weighted by Gasteiger charge is 2.17. The van der Waals surface area contributed by atoms with Crippen LogP contribution < -0.4 is 4.90 Å². The first-order valence-corrected chi connectivity index (χ1v) is 7.96. The quantitative estimate of drug-likeness (QED) is 0.813. The molecule has 1 heterocycles. The Morgan fingerprint density at radius 2 is 1.61 bits per heavy atom. The van der Waals surface area contributed by atoms with E-state index in [9.17, 15) is 4.79 Å². The summed E-state index contributed by atoms with van der Waals surface area (Å²) in [5.74, 6) is -0.288. The Labute approximate surface area is 137 Å². The van der Waals surface area contributed by atoms with Crippen LogP contribution in [0.2, 0.25) is 0 Å². The molecule has 4 nitrogen and oxygen atoms in total. The SMILES string of the molecule is COC(=O)c1ccc(N2CCN(Cc3ccccc3)CC2)cc1. The molecule has 23 heavy (non-hydrogen) atoms. The van der Waals surface area contributed by atoms with E-state index in [4.69, 9.17) is 4.74 Å². The fraction of sp³-hybridized carbons (Fsp3) is 0.316. The molecular formula is C19H22N2O2. The van der Waals surface area contributed by atoms with Gasteiger partial charge in [0.1, 0.15) is 0 Å². The first-order chi connectivity index (χ1) is 11.3. The molecule has 0 bridgehead atoms. The van der Waals surface area contributed by atoms with E-state index in [2.05, 4.69) is 40.1 Å². The summed E-state index contributed by atoms with van der Waals surface area (Å²) in [7, 11) is 1.40. The fourth-order valence-corrected chi connectivity index (χ4v) is 2.93. The van der Waals surface area contributed by atoms with E-state index in [1.807, 2.05) is 24.3 Å². The number of carbonyl (C=O) groups excluding carboxylic acids is 1. The molecule has 4 heteroatoms. The molecule has 120 valence electrons. The van der Waals surface area contributed by atoms with Gasteiger partial charge in [-0.1, -0.05) is 30.3 Å². The van der Waals surface area contributed by atoms with E-state index in [0.717, 1.165) is 38.4 Å². The van der Waals surface area contributed by atoms with Crippen molar-refractivity contribution >= 4 is 11.7 Å². The van der Waals surface area contributed by atoms with Gasteiger partial charge >= 0.3 is 5.97 Å². The first kappa shape index (κ1) is 15.6. The first-order valence-electron chi connectivity index (χ1n) is 7.96. The molecule has 3 rings (SSSR count). The van der Waals surface area contributed by atoms with Crippen LogP contribution in [0.25, 0.3) is 0 Å². The summed E-state index contributed by atoms with van der Waals surface area (Å²) in [4.78, 5) is 16.3. The molecule has 0 unspecified atom stereocenters. The van der Waals surface area contributed by atoms with E-state index < -0.39 is 0 Å². The molecule has 0 saturated carbocycles. The number of piperazine rings is 1. The topological polar surface area (TPSA) is 32.8 Å². The summed E-state index contributed by atoms with van der Waals surface area (Å²) in [6.45, 7) is 5.12. The minimum absolute atomic E-state index is 0.288. The highest BCUT2D eigenvalue weighted by Crippen LogP contribution is 2.18. The standard InChI is InChI=1S/C19H22N2O2/c1-23-19(22)17-7-9-18(10-8-17)21-13-11-20(12-14-21)15-16-5-3-2-4-6-16/h2-10H,11-15H2,1H3. The lowest BCUT2D eigenvalue weighted by molar-refractivity contribution is 0.0601. The number of nitrogens with zero attached hydrogens (tertiary/aromatic N) is 2. The van der Waals surface area contributed by atoms with Gasteiger partial charge in [-0.2, -0.15) is 0 Å². The van der Waals surface area contributed by atoms with Crippen molar-refractivity contribution in [1.29, 1.82) is 0 Å². The Bertz CT molecular complexity index is 632. The third-order valence-electron chi connectivity index (χ3n) is 4.27. The molecule has 0 spiro atoms. The smallest absolute Gasteiger partial charge is 0.337 e. The Morgan fingerprint density at radius 3 is 2.22 bits per heavy atom. The predicted molar refractivity (Wildman–Crippen MR) is 91.7 cm³/mol. The van der Waals surface area contributed by atoms with Gasteiger partial charge in [0, 0.05) is 38.4 Å². The van der Waals surface area contributed by atoms with E-state index in [1.54, 1.807) is 0 Å². The van der Waals surface area contributed by atoms with Crippen molar-refractivity contribution in [3.63, 3.8) is 0 Å². The molecule has 2 aromatic rings. The second-order valence-corrected chi connectivity index (χ2v) is 5.79. The van der Waals surface area contributed by atoms with Gasteiger partial charge in [0.05, 0.1) is 12.7 Å². The van der Waals surface area contributed by atoms with Crippen molar-refractivity contribution in [2.45, 2.75) is 6.54 Å². The molecule has 0 amide bonds. The predicted octanol–water partition coefficient (Wildman–Crippen LogP) is 2.80. The summed E-state index contributed by atoms with van der Waals surface area (Å²) in [6.07, 6.45) is 0. The molecule has 1 aliphatic heterocycles. The van der Waals surface area contributed by atoms with Gasteiger partial charge < -0.3 is 9.64 Å². The Hall–Kier alpha value is -2.33. The maximum atomic E-state index is 11.5. The van der Waals surface area contributed by atoms with Crippen LogP contribution in [0.3, 0.4) is 0 Å². The van der Waals surface area contributed by atoms with E-state index >= 15 is 0 Å². The minimum Gasteiger partial charge on any atom is -0.465 e. The summed E-state index contributed by atoms with van der Waals surface area (Å²) in [5, 5.41) is 0. The van der Waals surface area contributed by atoms with E-state index in [0.29, 0.717) is 5.56 Å². The lowest BCUT2D eigenvalue weighted by Crippen LogP contribution is -2.45. The van der Waals surface area contributed by atoms with Crippen LogP contribution in [0.5, 0.6) is 0 Å². The maximum Gasteiger partial charge on any atom is 0.337 e. The lowest BCUT2D eigenvalue weighted by Gasteiger charge is -2.36. The molecule has 1 aliphatic rings. The molecule has 0 N–H and O–H groups in total. The van der Waals surface area contributed by atoms with Crippen molar-refractivity contribution < 1.29 is 9.53 Å². The number of ether oxygens (including phenoxy) is 1. The second kappa shape index (κ2) is 7.29. The normalized spacial score (nSPS) is 15.4. The van der Waals surface area contributed by atoms with Gasteiger partial charge in [0.15, 0.2) is 0 Å². The van der Waals surface area contributed by atoms with Gasteiger partial charge in [-0.05, 0) is 29.8 Å². The van der Waals surface area contributed by atoms with Crippen molar-refractivity contribution in [1.82, 2.24) is 4.90 Å². The van der Waals surface area contributed by atoms with Crippen molar-refractivity contribution in [3.05, 3.63) is 65.7 Å². The number of rotatable bonds is 4. The fourth-order valence-electron chi connectivity index (χ4n) is 2.93. The summed E-state index contributed by atoms with van der Waals surface area (Å²) >= 11 is 0. The van der Waals surface area contributed by atoms with Crippen LogP contribution in [0.1, 0.15) is 15.9 Å². The second-order valence-electron chi connectivity index (χ2n) is 5.79. The molecule has 2 aromatic carbocycles. The maximum absolute atomic E-state index is 11.5. The zero-order chi connectivity index (χ0) is 16.1. The lowest BCUT2D eigenvalue weighted by atomic mass is 10.1. The third-order valence-corrected chi connectivity index (χ3v) is 4.27. The number of hydrogen-bond acceptors (Lipinski definition) is 4. The number of anilines is 1. The Morgan fingerprint density at radius 1 is 0.957 bits per heavy atom. The number of hydrogen-bond donors (Lipinski definition) is 0. The van der Waals surface area contributed by atoms with Crippen molar-refractivity contribution in [2.24, 2.45) is 0 Å².